The number of pyridine rings is 1. The van der Waals surface area contributed by atoms with E-state index in [1.54, 1.807) is 0 Å². The molecule has 0 amide bonds. The Morgan fingerprint density at radius 1 is 0.783 bits per heavy atom. The number of hydrogen-bond acceptors (Lipinski definition) is 4. The van der Waals surface area contributed by atoms with E-state index in [-0.39, 0.29) is 0 Å². The van der Waals surface area contributed by atoms with E-state index < -0.39 is 0 Å². The Morgan fingerprint density at radius 3 is 1.78 bits per heavy atom. The lowest BCUT2D eigenvalue weighted by Crippen LogP contribution is -2.22. The lowest BCUT2D eigenvalue weighted by atomic mass is 10.1. The number of rotatable bonds is 6. The zero-order chi connectivity index (χ0) is 15.9. The third-order valence-corrected chi connectivity index (χ3v) is 3.69. The molecule has 0 aliphatic carbocycles. The number of nitrogen functional groups attached to an aromatic ring is 1. The van der Waals surface area contributed by atoms with Crippen LogP contribution in [0.2, 0.25) is 0 Å². The van der Waals surface area contributed by atoms with Crippen LogP contribution in [-0.2, 0) is 13.1 Å². The summed E-state index contributed by atoms with van der Waals surface area (Å²) in [6, 6.07) is 24.8. The molecule has 1 aromatic heterocycles. The number of aromatic nitrogens is 1. The number of nitrogens with one attached hydrogen (secondary N) is 1. The quantitative estimate of drug-likeness (QED) is 0.540. The molecule has 0 fully saturated rings. The largest absolute Gasteiger partial charge is 0.362 e. The molecular weight excluding hydrogens is 284 g/mol. The lowest BCUT2D eigenvalue weighted by molar-refractivity contribution is 0.797. The van der Waals surface area contributed by atoms with Crippen molar-refractivity contribution in [2.75, 3.05) is 10.3 Å². The fraction of sp³-hybridized carbons (Fsp3) is 0.105. The minimum Gasteiger partial charge on any atom is -0.362 e. The van der Waals surface area contributed by atoms with Gasteiger partial charge >= 0.3 is 0 Å². The molecule has 0 saturated carbocycles. The van der Waals surface area contributed by atoms with Gasteiger partial charge in [-0.15, -0.1) is 0 Å². The summed E-state index contributed by atoms with van der Waals surface area (Å²) in [4.78, 5) is 6.63. The third kappa shape index (κ3) is 4.08. The van der Waals surface area contributed by atoms with Crippen LogP contribution >= 0.6 is 0 Å². The van der Waals surface area contributed by atoms with Crippen LogP contribution in [0.1, 0.15) is 11.1 Å². The molecular formula is C19H20N4. The maximum atomic E-state index is 5.40. The molecule has 4 nitrogen and oxygen atoms in total. The van der Waals surface area contributed by atoms with Crippen molar-refractivity contribution in [3.05, 3.63) is 90.1 Å². The standard InChI is InChI=1S/C19H20N4/c20-22-19-12-11-18(13-21-19)23(14-16-7-3-1-4-8-16)15-17-9-5-2-6-10-17/h1-13H,14-15,20H2,(H,21,22). The van der Waals surface area contributed by atoms with Crippen LogP contribution in [0, 0.1) is 0 Å². The molecule has 116 valence electrons. The number of anilines is 2. The van der Waals surface area contributed by atoms with Crippen molar-refractivity contribution in [3.63, 3.8) is 0 Å². The van der Waals surface area contributed by atoms with E-state index in [1.165, 1.54) is 11.1 Å². The van der Waals surface area contributed by atoms with Gasteiger partial charge in [0, 0.05) is 13.1 Å². The highest BCUT2D eigenvalue weighted by Crippen LogP contribution is 2.20. The van der Waals surface area contributed by atoms with Gasteiger partial charge in [0.15, 0.2) is 0 Å². The van der Waals surface area contributed by atoms with Crippen molar-refractivity contribution < 1.29 is 0 Å². The van der Waals surface area contributed by atoms with Gasteiger partial charge in [-0.1, -0.05) is 60.7 Å². The van der Waals surface area contributed by atoms with Gasteiger partial charge < -0.3 is 10.3 Å². The second-order valence-corrected chi connectivity index (χ2v) is 5.37. The highest BCUT2D eigenvalue weighted by molar-refractivity contribution is 5.50. The maximum Gasteiger partial charge on any atom is 0.140 e. The van der Waals surface area contributed by atoms with Crippen LogP contribution < -0.4 is 16.2 Å². The molecule has 0 aliphatic rings. The highest BCUT2D eigenvalue weighted by Gasteiger charge is 2.09. The van der Waals surface area contributed by atoms with Crippen LogP contribution in [0.3, 0.4) is 0 Å². The molecule has 0 spiro atoms. The number of hydrogen-bond donors (Lipinski definition) is 2. The summed E-state index contributed by atoms with van der Waals surface area (Å²) in [5.41, 5.74) is 6.17. The average molecular weight is 304 g/mol. The molecule has 0 saturated heterocycles. The van der Waals surface area contributed by atoms with Gasteiger partial charge in [0.25, 0.3) is 0 Å². The zero-order valence-corrected chi connectivity index (χ0v) is 12.9. The summed E-state index contributed by atoms with van der Waals surface area (Å²) < 4.78 is 0. The van der Waals surface area contributed by atoms with Gasteiger partial charge in [-0.05, 0) is 23.3 Å². The first kappa shape index (κ1) is 15.1. The van der Waals surface area contributed by atoms with Crippen molar-refractivity contribution in [3.8, 4) is 0 Å². The van der Waals surface area contributed by atoms with Gasteiger partial charge in [0.05, 0.1) is 11.9 Å². The van der Waals surface area contributed by atoms with Crippen molar-refractivity contribution in [2.45, 2.75) is 13.1 Å². The van der Waals surface area contributed by atoms with E-state index in [9.17, 15) is 0 Å². The smallest absolute Gasteiger partial charge is 0.140 e. The summed E-state index contributed by atoms with van der Waals surface area (Å²) >= 11 is 0. The molecule has 4 heteroatoms. The van der Waals surface area contributed by atoms with Crippen LogP contribution in [0.25, 0.3) is 0 Å². The number of nitrogens with zero attached hydrogens (tertiary/aromatic N) is 2. The predicted octanol–water partition coefficient (Wildman–Crippen LogP) is 3.57. The minimum atomic E-state index is 0.660. The maximum absolute atomic E-state index is 5.40. The van der Waals surface area contributed by atoms with Gasteiger partial charge in [0.2, 0.25) is 0 Å². The molecule has 3 aromatic rings. The Morgan fingerprint density at radius 2 is 1.35 bits per heavy atom. The first-order chi connectivity index (χ1) is 11.3. The molecule has 0 bridgehead atoms. The minimum absolute atomic E-state index is 0.660. The van der Waals surface area contributed by atoms with Crippen LogP contribution in [0.15, 0.2) is 79.0 Å². The topological polar surface area (TPSA) is 54.2 Å². The Labute approximate surface area is 136 Å². The SMILES string of the molecule is NNc1ccc(N(Cc2ccccc2)Cc2ccccc2)cn1. The van der Waals surface area contributed by atoms with Crippen molar-refractivity contribution >= 4 is 11.5 Å². The van der Waals surface area contributed by atoms with Crippen molar-refractivity contribution in [2.24, 2.45) is 5.84 Å². The summed E-state index contributed by atoms with van der Waals surface area (Å²) in [6.45, 7) is 1.65. The summed E-state index contributed by atoms with van der Waals surface area (Å²) in [5, 5.41) is 0. The summed E-state index contributed by atoms with van der Waals surface area (Å²) in [6.07, 6.45) is 1.85. The molecule has 3 N–H and O–H groups in total. The molecule has 0 radical (unpaired) electrons. The lowest BCUT2D eigenvalue weighted by Gasteiger charge is -2.25. The van der Waals surface area contributed by atoms with E-state index >= 15 is 0 Å². The van der Waals surface area contributed by atoms with E-state index in [0.717, 1.165) is 18.8 Å². The monoisotopic (exact) mass is 304 g/mol. The zero-order valence-electron chi connectivity index (χ0n) is 12.9. The van der Waals surface area contributed by atoms with Gasteiger partial charge in [0.1, 0.15) is 5.82 Å². The van der Waals surface area contributed by atoms with Crippen molar-refractivity contribution in [1.29, 1.82) is 0 Å². The van der Waals surface area contributed by atoms with Gasteiger partial charge in [-0.3, -0.25) is 0 Å². The Kier molecular flexibility index (Phi) is 4.86. The van der Waals surface area contributed by atoms with Gasteiger partial charge in [-0.25, -0.2) is 10.8 Å². The average Bonchev–Trinajstić information content (AvgIpc) is 2.63. The third-order valence-electron chi connectivity index (χ3n) is 3.69. The first-order valence-corrected chi connectivity index (χ1v) is 7.60. The number of benzene rings is 2. The second kappa shape index (κ2) is 7.42. The Bertz CT molecular complexity index is 670. The van der Waals surface area contributed by atoms with E-state index in [4.69, 9.17) is 5.84 Å². The second-order valence-electron chi connectivity index (χ2n) is 5.37. The molecule has 0 unspecified atom stereocenters. The normalized spacial score (nSPS) is 10.3. The van der Waals surface area contributed by atoms with Crippen LogP contribution in [0.5, 0.6) is 0 Å². The Balaban J connectivity index is 1.85. The fourth-order valence-corrected chi connectivity index (χ4v) is 2.50. The van der Waals surface area contributed by atoms with Gasteiger partial charge in [-0.2, -0.15) is 0 Å². The van der Waals surface area contributed by atoms with E-state index in [0.29, 0.717) is 5.82 Å². The number of nitrogens with two attached hydrogens (primary N) is 1. The number of hydrazine groups is 1. The molecule has 0 aliphatic heterocycles. The summed E-state index contributed by atoms with van der Waals surface area (Å²) in [7, 11) is 0. The van der Waals surface area contributed by atoms with E-state index in [2.05, 4.69) is 63.8 Å². The molecule has 0 atom stereocenters. The highest BCUT2D eigenvalue weighted by atomic mass is 15.2. The van der Waals surface area contributed by atoms with Crippen LogP contribution in [0.4, 0.5) is 11.5 Å². The fourth-order valence-electron chi connectivity index (χ4n) is 2.50. The first-order valence-electron chi connectivity index (χ1n) is 7.60. The Hall–Kier alpha value is -2.85. The molecule has 1 heterocycles. The van der Waals surface area contributed by atoms with Crippen LogP contribution in [-0.4, -0.2) is 4.98 Å². The molecule has 3 rings (SSSR count). The molecule has 2 aromatic carbocycles. The molecule has 23 heavy (non-hydrogen) atoms. The predicted molar refractivity (Wildman–Crippen MR) is 94.8 cm³/mol. The van der Waals surface area contributed by atoms with E-state index in [1.807, 2.05) is 30.5 Å². The summed E-state index contributed by atoms with van der Waals surface area (Å²) in [5.74, 6) is 6.06. The van der Waals surface area contributed by atoms with Crippen molar-refractivity contribution in [1.82, 2.24) is 4.98 Å².